The number of nitrogens with zero attached hydrogens (tertiary/aromatic N) is 4. The van der Waals surface area contributed by atoms with Crippen LogP contribution in [-0.2, 0) is 20.6 Å². The SMILES string of the molecule is Cn1cnc2c1c(=O)n(Cc1cc3c(cc1Br)OCO3)c(=O)n2C. The van der Waals surface area contributed by atoms with Crippen molar-refractivity contribution in [2.24, 2.45) is 14.1 Å². The second kappa shape index (κ2) is 5.23. The van der Waals surface area contributed by atoms with Crippen LogP contribution in [0, 0.1) is 0 Å². The fourth-order valence-electron chi connectivity index (χ4n) is 2.79. The van der Waals surface area contributed by atoms with Crippen molar-refractivity contribution >= 4 is 27.1 Å². The molecular formula is C15H13BrN4O4. The second-order valence-electron chi connectivity index (χ2n) is 5.56. The standard InChI is InChI=1S/C15H13BrN4O4/c1-18-6-17-13-12(18)14(21)20(15(22)19(13)2)5-8-3-10-11(4-9(8)16)24-7-23-10/h3-4,6H,5,7H2,1-2H3. The summed E-state index contributed by atoms with van der Waals surface area (Å²) in [6, 6.07) is 3.54. The Morgan fingerprint density at radius 3 is 2.67 bits per heavy atom. The van der Waals surface area contributed by atoms with Crippen molar-refractivity contribution in [1.82, 2.24) is 18.7 Å². The predicted molar refractivity (Wildman–Crippen MR) is 89.6 cm³/mol. The van der Waals surface area contributed by atoms with Crippen LogP contribution in [0.5, 0.6) is 11.5 Å². The van der Waals surface area contributed by atoms with Crippen molar-refractivity contribution in [3.05, 3.63) is 49.3 Å². The van der Waals surface area contributed by atoms with Crippen molar-refractivity contribution in [1.29, 1.82) is 0 Å². The highest BCUT2D eigenvalue weighted by atomic mass is 79.9. The fraction of sp³-hybridized carbons (Fsp3) is 0.267. The molecule has 0 radical (unpaired) electrons. The van der Waals surface area contributed by atoms with Gasteiger partial charge in [0.25, 0.3) is 5.56 Å². The summed E-state index contributed by atoms with van der Waals surface area (Å²) in [5.74, 6) is 1.23. The number of fused-ring (bicyclic) bond motifs is 2. The first-order chi connectivity index (χ1) is 11.5. The van der Waals surface area contributed by atoms with Gasteiger partial charge in [0.15, 0.2) is 22.7 Å². The molecule has 0 saturated heterocycles. The first-order valence-electron chi connectivity index (χ1n) is 7.16. The van der Waals surface area contributed by atoms with Crippen LogP contribution in [0.4, 0.5) is 0 Å². The first kappa shape index (κ1) is 15.0. The Balaban J connectivity index is 1.91. The van der Waals surface area contributed by atoms with Crippen LogP contribution in [-0.4, -0.2) is 25.5 Å². The van der Waals surface area contributed by atoms with Gasteiger partial charge in [-0.15, -0.1) is 0 Å². The third-order valence-electron chi connectivity index (χ3n) is 4.07. The van der Waals surface area contributed by atoms with Crippen LogP contribution in [0.15, 0.2) is 32.5 Å². The lowest BCUT2D eigenvalue weighted by Gasteiger charge is -2.11. The van der Waals surface area contributed by atoms with Gasteiger partial charge >= 0.3 is 5.69 Å². The zero-order valence-electron chi connectivity index (χ0n) is 12.9. The molecule has 24 heavy (non-hydrogen) atoms. The summed E-state index contributed by atoms with van der Waals surface area (Å²) < 4.78 is 15.6. The first-order valence-corrected chi connectivity index (χ1v) is 7.95. The number of hydrogen-bond acceptors (Lipinski definition) is 5. The Morgan fingerprint density at radius 2 is 1.92 bits per heavy atom. The molecule has 1 aliphatic heterocycles. The Kier molecular flexibility index (Phi) is 3.27. The van der Waals surface area contributed by atoms with E-state index in [0.29, 0.717) is 22.7 Å². The Hall–Kier alpha value is -2.55. The number of aryl methyl sites for hydroxylation is 2. The van der Waals surface area contributed by atoms with Gasteiger partial charge in [-0.1, -0.05) is 15.9 Å². The average molecular weight is 393 g/mol. The zero-order valence-corrected chi connectivity index (χ0v) is 14.5. The summed E-state index contributed by atoms with van der Waals surface area (Å²) in [7, 11) is 3.32. The molecule has 3 aromatic rings. The summed E-state index contributed by atoms with van der Waals surface area (Å²) in [5, 5.41) is 0. The third-order valence-corrected chi connectivity index (χ3v) is 4.81. The molecule has 8 nitrogen and oxygen atoms in total. The third kappa shape index (κ3) is 2.08. The summed E-state index contributed by atoms with van der Waals surface area (Å²) in [5.41, 5.74) is 0.705. The van der Waals surface area contributed by atoms with Crippen LogP contribution in [0.2, 0.25) is 0 Å². The van der Waals surface area contributed by atoms with Gasteiger partial charge in [0, 0.05) is 18.6 Å². The van der Waals surface area contributed by atoms with E-state index in [1.807, 2.05) is 0 Å². The molecule has 124 valence electrons. The predicted octanol–water partition coefficient (Wildman–Crippen LogP) is 0.973. The fourth-order valence-corrected chi connectivity index (χ4v) is 3.23. The maximum absolute atomic E-state index is 12.8. The minimum atomic E-state index is -0.421. The van der Waals surface area contributed by atoms with E-state index in [1.165, 1.54) is 15.5 Å². The summed E-state index contributed by atoms with van der Waals surface area (Å²) >= 11 is 3.45. The molecule has 0 aliphatic carbocycles. The van der Waals surface area contributed by atoms with E-state index in [2.05, 4.69) is 20.9 Å². The zero-order chi connectivity index (χ0) is 17.0. The largest absolute Gasteiger partial charge is 0.454 e. The van der Waals surface area contributed by atoms with E-state index < -0.39 is 5.69 Å². The smallest absolute Gasteiger partial charge is 0.332 e. The summed E-state index contributed by atoms with van der Waals surface area (Å²) in [4.78, 5) is 29.4. The molecule has 0 saturated carbocycles. The normalized spacial score (nSPS) is 13.0. The van der Waals surface area contributed by atoms with Gasteiger partial charge in [-0.25, -0.2) is 9.78 Å². The molecule has 0 spiro atoms. The number of halogens is 1. The number of aromatic nitrogens is 4. The van der Waals surface area contributed by atoms with E-state index in [9.17, 15) is 9.59 Å². The van der Waals surface area contributed by atoms with E-state index >= 15 is 0 Å². The highest BCUT2D eigenvalue weighted by molar-refractivity contribution is 9.10. The lowest BCUT2D eigenvalue weighted by Crippen LogP contribution is -2.39. The molecule has 0 N–H and O–H groups in total. The minimum Gasteiger partial charge on any atom is -0.454 e. The summed E-state index contributed by atoms with van der Waals surface area (Å²) in [6.45, 7) is 0.276. The lowest BCUT2D eigenvalue weighted by atomic mass is 10.2. The molecule has 0 bridgehead atoms. The van der Waals surface area contributed by atoms with Crippen molar-refractivity contribution in [3.63, 3.8) is 0 Å². The van der Waals surface area contributed by atoms with Gasteiger partial charge < -0.3 is 14.0 Å². The average Bonchev–Trinajstić information content (AvgIpc) is 3.15. The molecule has 3 heterocycles. The van der Waals surface area contributed by atoms with Gasteiger partial charge in [-0.3, -0.25) is 13.9 Å². The van der Waals surface area contributed by atoms with Gasteiger partial charge in [0.05, 0.1) is 12.9 Å². The van der Waals surface area contributed by atoms with Gasteiger partial charge in [0.2, 0.25) is 6.79 Å². The number of hydrogen-bond donors (Lipinski definition) is 0. The molecule has 0 atom stereocenters. The van der Waals surface area contributed by atoms with Gasteiger partial charge in [0.1, 0.15) is 0 Å². The van der Waals surface area contributed by atoms with Crippen LogP contribution in [0.1, 0.15) is 5.56 Å². The number of rotatable bonds is 2. The Labute approximate surface area is 144 Å². The molecule has 9 heteroatoms. The van der Waals surface area contributed by atoms with Crippen LogP contribution in [0.25, 0.3) is 11.2 Å². The molecule has 0 amide bonds. The molecular weight excluding hydrogens is 380 g/mol. The van der Waals surface area contributed by atoms with E-state index in [4.69, 9.17) is 9.47 Å². The molecule has 0 fully saturated rings. The number of ether oxygens (including phenoxy) is 2. The topological polar surface area (TPSA) is 80.3 Å². The number of benzene rings is 1. The highest BCUT2D eigenvalue weighted by Gasteiger charge is 2.19. The number of imidazole rings is 1. The second-order valence-corrected chi connectivity index (χ2v) is 6.41. The monoisotopic (exact) mass is 392 g/mol. The molecule has 1 aromatic carbocycles. The molecule has 4 rings (SSSR count). The summed E-state index contributed by atoms with van der Waals surface area (Å²) in [6.07, 6.45) is 1.52. The van der Waals surface area contributed by atoms with Crippen molar-refractivity contribution in [2.75, 3.05) is 6.79 Å². The Morgan fingerprint density at radius 1 is 1.21 bits per heavy atom. The lowest BCUT2D eigenvalue weighted by molar-refractivity contribution is 0.174. The maximum atomic E-state index is 12.8. The van der Waals surface area contributed by atoms with Crippen molar-refractivity contribution in [2.45, 2.75) is 6.54 Å². The molecule has 1 aliphatic rings. The van der Waals surface area contributed by atoms with E-state index in [0.717, 1.165) is 10.0 Å². The van der Waals surface area contributed by atoms with Gasteiger partial charge in [-0.2, -0.15) is 0 Å². The van der Waals surface area contributed by atoms with E-state index in [1.54, 1.807) is 30.8 Å². The van der Waals surface area contributed by atoms with E-state index in [-0.39, 0.29) is 18.9 Å². The quantitative estimate of drug-likeness (QED) is 0.649. The maximum Gasteiger partial charge on any atom is 0.332 e. The molecule has 0 unspecified atom stereocenters. The minimum absolute atomic E-state index is 0.115. The van der Waals surface area contributed by atoms with Crippen LogP contribution >= 0.6 is 15.9 Å². The van der Waals surface area contributed by atoms with Gasteiger partial charge in [-0.05, 0) is 17.7 Å². The van der Waals surface area contributed by atoms with Crippen LogP contribution < -0.4 is 20.7 Å². The highest BCUT2D eigenvalue weighted by Crippen LogP contribution is 2.37. The van der Waals surface area contributed by atoms with Crippen LogP contribution in [0.3, 0.4) is 0 Å². The van der Waals surface area contributed by atoms with Crippen molar-refractivity contribution in [3.8, 4) is 11.5 Å². The van der Waals surface area contributed by atoms with Crippen molar-refractivity contribution < 1.29 is 9.47 Å². The molecule has 2 aromatic heterocycles. The Bertz CT molecular complexity index is 1100.